The molecule has 1 amide bonds. The van der Waals surface area contributed by atoms with Gasteiger partial charge >= 0.3 is 0 Å². The topological polar surface area (TPSA) is 41.1 Å². The first-order chi connectivity index (χ1) is 9.85. The van der Waals surface area contributed by atoms with Gasteiger partial charge < -0.3 is 10.6 Å². The lowest BCUT2D eigenvalue weighted by molar-refractivity contribution is -0.114. The SMILES string of the molecule is CC(=O)Nc1cc(NC2CCCC(C)(C)CC2)ccc1C. The number of anilines is 2. The van der Waals surface area contributed by atoms with E-state index in [0.29, 0.717) is 11.5 Å². The Bertz CT molecular complexity index is 508. The van der Waals surface area contributed by atoms with Crippen LogP contribution in [0.15, 0.2) is 18.2 Å². The van der Waals surface area contributed by atoms with Gasteiger partial charge in [-0.1, -0.05) is 26.3 Å². The molecule has 1 unspecified atom stereocenters. The van der Waals surface area contributed by atoms with Crippen LogP contribution in [0.25, 0.3) is 0 Å². The Balaban J connectivity index is 2.04. The highest BCUT2D eigenvalue weighted by Gasteiger charge is 2.24. The van der Waals surface area contributed by atoms with Crippen molar-refractivity contribution >= 4 is 17.3 Å². The van der Waals surface area contributed by atoms with Crippen LogP contribution >= 0.6 is 0 Å². The van der Waals surface area contributed by atoms with E-state index in [2.05, 4.69) is 36.6 Å². The summed E-state index contributed by atoms with van der Waals surface area (Å²) < 4.78 is 0. The highest BCUT2D eigenvalue weighted by Crippen LogP contribution is 2.35. The zero-order valence-corrected chi connectivity index (χ0v) is 13.8. The monoisotopic (exact) mass is 288 g/mol. The quantitative estimate of drug-likeness (QED) is 0.790. The summed E-state index contributed by atoms with van der Waals surface area (Å²) in [6.45, 7) is 8.31. The van der Waals surface area contributed by atoms with Gasteiger partial charge in [-0.05, 0) is 55.7 Å². The van der Waals surface area contributed by atoms with Crippen LogP contribution in [0.3, 0.4) is 0 Å². The Morgan fingerprint density at radius 3 is 2.71 bits per heavy atom. The van der Waals surface area contributed by atoms with E-state index in [9.17, 15) is 4.79 Å². The lowest BCUT2D eigenvalue weighted by Gasteiger charge is -2.22. The molecule has 1 saturated carbocycles. The van der Waals surface area contributed by atoms with E-state index >= 15 is 0 Å². The summed E-state index contributed by atoms with van der Waals surface area (Å²) >= 11 is 0. The number of hydrogen-bond acceptors (Lipinski definition) is 2. The number of carbonyl (C=O) groups excluding carboxylic acids is 1. The third kappa shape index (κ3) is 4.76. The Morgan fingerprint density at radius 2 is 2.00 bits per heavy atom. The number of benzene rings is 1. The molecule has 3 heteroatoms. The molecular weight excluding hydrogens is 260 g/mol. The largest absolute Gasteiger partial charge is 0.382 e. The molecule has 1 aliphatic rings. The van der Waals surface area contributed by atoms with E-state index in [-0.39, 0.29) is 5.91 Å². The second-order valence-electron chi connectivity index (χ2n) is 7.15. The molecule has 0 saturated heterocycles. The molecule has 116 valence electrons. The van der Waals surface area contributed by atoms with Gasteiger partial charge in [0.25, 0.3) is 0 Å². The van der Waals surface area contributed by atoms with Crippen molar-refractivity contribution in [3.63, 3.8) is 0 Å². The van der Waals surface area contributed by atoms with Crippen LogP contribution in [0, 0.1) is 12.3 Å². The van der Waals surface area contributed by atoms with E-state index in [1.54, 1.807) is 6.92 Å². The Kier molecular flexibility index (Phi) is 4.92. The fourth-order valence-electron chi connectivity index (χ4n) is 3.08. The zero-order valence-electron chi connectivity index (χ0n) is 13.8. The van der Waals surface area contributed by atoms with Crippen LogP contribution in [0.1, 0.15) is 58.4 Å². The van der Waals surface area contributed by atoms with Gasteiger partial charge in [0.05, 0.1) is 0 Å². The lowest BCUT2D eigenvalue weighted by atomic mass is 9.85. The molecule has 0 radical (unpaired) electrons. The predicted octanol–water partition coefficient (Wildman–Crippen LogP) is 4.72. The van der Waals surface area contributed by atoms with Gasteiger partial charge in [-0.15, -0.1) is 0 Å². The van der Waals surface area contributed by atoms with Crippen molar-refractivity contribution in [2.45, 2.75) is 65.8 Å². The summed E-state index contributed by atoms with van der Waals surface area (Å²) in [6.07, 6.45) is 6.32. The van der Waals surface area contributed by atoms with Crippen LogP contribution in [0.5, 0.6) is 0 Å². The molecule has 0 heterocycles. The molecule has 0 aromatic heterocycles. The summed E-state index contributed by atoms with van der Waals surface area (Å²) in [5.74, 6) is -0.0218. The molecule has 21 heavy (non-hydrogen) atoms. The van der Waals surface area contributed by atoms with E-state index in [4.69, 9.17) is 0 Å². The number of aryl methyl sites for hydroxylation is 1. The van der Waals surface area contributed by atoms with Crippen molar-refractivity contribution in [3.8, 4) is 0 Å². The Labute approximate surface area is 128 Å². The average molecular weight is 288 g/mol. The standard InChI is InChI=1S/C18H28N2O/c1-13-7-8-16(12-17(13)19-14(2)21)20-15-6-5-10-18(3,4)11-9-15/h7-8,12,15,20H,5-6,9-11H2,1-4H3,(H,19,21). The van der Waals surface area contributed by atoms with Crippen LogP contribution in [-0.2, 0) is 4.79 Å². The minimum absolute atomic E-state index is 0.0218. The summed E-state index contributed by atoms with van der Waals surface area (Å²) in [7, 11) is 0. The van der Waals surface area contributed by atoms with Gasteiger partial charge in [-0.2, -0.15) is 0 Å². The van der Waals surface area contributed by atoms with Crippen LogP contribution in [0.2, 0.25) is 0 Å². The normalized spacial score (nSPS) is 21.4. The molecule has 0 aliphatic heterocycles. The molecule has 0 spiro atoms. The van der Waals surface area contributed by atoms with Gasteiger partial charge in [0, 0.05) is 24.3 Å². The van der Waals surface area contributed by atoms with Crippen LogP contribution < -0.4 is 10.6 Å². The molecule has 1 fully saturated rings. The van der Waals surface area contributed by atoms with E-state index < -0.39 is 0 Å². The number of carbonyl (C=O) groups is 1. The average Bonchev–Trinajstić information content (AvgIpc) is 2.54. The highest BCUT2D eigenvalue weighted by molar-refractivity contribution is 5.90. The molecule has 1 atom stereocenters. The molecule has 1 aliphatic carbocycles. The molecular formula is C18H28N2O. The summed E-state index contributed by atoms with van der Waals surface area (Å²) in [4.78, 5) is 11.3. The minimum atomic E-state index is -0.0218. The van der Waals surface area contributed by atoms with Gasteiger partial charge in [-0.25, -0.2) is 0 Å². The van der Waals surface area contributed by atoms with Crippen LogP contribution in [-0.4, -0.2) is 11.9 Å². The van der Waals surface area contributed by atoms with Crippen molar-refractivity contribution in [2.24, 2.45) is 5.41 Å². The number of rotatable bonds is 3. The summed E-state index contributed by atoms with van der Waals surface area (Å²) in [6, 6.07) is 6.76. The van der Waals surface area contributed by atoms with Gasteiger partial charge in [0.2, 0.25) is 5.91 Å². The highest BCUT2D eigenvalue weighted by atomic mass is 16.1. The van der Waals surface area contributed by atoms with E-state index in [1.807, 2.05) is 13.0 Å². The fourth-order valence-corrected chi connectivity index (χ4v) is 3.08. The van der Waals surface area contributed by atoms with Crippen molar-refractivity contribution in [3.05, 3.63) is 23.8 Å². The van der Waals surface area contributed by atoms with E-state index in [0.717, 1.165) is 16.9 Å². The second kappa shape index (κ2) is 6.50. The van der Waals surface area contributed by atoms with Crippen molar-refractivity contribution in [1.82, 2.24) is 0 Å². The Hall–Kier alpha value is -1.51. The van der Waals surface area contributed by atoms with Crippen molar-refractivity contribution < 1.29 is 4.79 Å². The maximum Gasteiger partial charge on any atom is 0.221 e. The first-order valence-electron chi connectivity index (χ1n) is 8.00. The van der Waals surface area contributed by atoms with Gasteiger partial charge in [0.15, 0.2) is 0 Å². The summed E-state index contributed by atoms with van der Waals surface area (Å²) in [5.41, 5.74) is 3.58. The third-order valence-corrected chi connectivity index (χ3v) is 4.49. The number of nitrogens with one attached hydrogen (secondary N) is 2. The predicted molar refractivity (Wildman–Crippen MR) is 89.8 cm³/mol. The smallest absolute Gasteiger partial charge is 0.221 e. The van der Waals surface area contributed by atoms with Crippen LogP contribution in [0.4, 0.5) is 11.4 Å². The van der Waals surface area contributed by atoms with Crippen molar-refractivity contribution in [2.75, 3.05) is 10.6 Å². The molecule has 1 aromatic carbocycles. The fraction of sp³-hybridized carbons (Fsp3) is 0.611. The molecule has 3 nitrogen and oxygen atoms in total. The zero-order chi connectivity index (χ0) is 15.5. The molecule has 2 rings (SSSR count). The second-order valence-corrected chi connectivity index (χ2v) is 7.15. The van der Waals surface area contributed by atoms with E-state index in [1.165, 1.54) is 32.1 Å². The Morgan fingerprint density at radius 1 is 1.24 bits per heavy atom. The minimum Gasteiger partial charge on any atom is -0.382 e. The molecule has 0 bridgehead atoms. The first-order valence-corrected chi connectivity index (χ1v) is 8.00. The number of amides is 1. The van der Waals surface area contributed by atoms with Gasteiger partial charge in [0.1, 0.15) is 0 Å². The number of hydrogen-bond donors (Lipinski definition) is 2. The first kappa shape index (κ1) is 15.9. The lowest BCUT2D eigenvalue weighted by Crippen LogP contribution is -2.19. The van der Waals surface area contributed by atoms with Gasteiger partial charge in [-0.3, -0.25) is 4.79 Å². The molecule has 1 aromatic rings. The summed E-state index contributed by atoms with van der Waals surface area (Å²) in [5, 5.41) is 6.55. The van der Waals surface area contributed by atoms with Crippen molar-refractivity contribution in [1.29, 1.82) is 0 Å². The third-order valence-electron chi connectivity index (χ3n) is 4.49. The molecule has 2 N–H and O–H groups in total. The maximum absolute atomic E-state index is 11.3. The maximum atomic E-state index is 11.3.